The number of benzene rings is 7. The van der Waals surface area contributed by atoms with Gasteiger partial charge in [-0.3, -0.25) is 0 Å². The molecule has 5 heteroatoms. The number of ether oxygens (including phenoxy) is 1. The van der Waals surface area contributed by atoms with Gasteiger partial charge in [0.05, 0.1) is 12.3 Å². The van der Waals surface area contributed by atoms with Gasteiger partial charge in [-0.05, 0) is 57.8 Å². The molecule has 0 spiro atoms. The summed E-state index contributed by atoms with van der Waals surface area (Å²) in [6.45, 7) is 0.482. The van der Waals surface area contributed by atoms with E-state index in [0.717, 1.165) is 32.7 Å². The van der Waals surface area contributed by atoms with Crippen LogP contribution in [0.4, 0.5) is 0 Å². The van der Waals surface area contributed by atoms with E-state index < -0.39 is 15.9 Å². The zero-order valence-corrected chi connectivity index (χ0v) is 27.9. The van der Waals surface area contributed by atoms with Gasteiger partial charge in [0.1, 0.15) is 11.2 Å². The number of hydrogen-bond acceptors (Lipinski definition) is 3. The molecule has 0 radical (unpaired) electrons. The summed E-state index contributed by atoms with van der Waals surface area (Å²) in [6.07, 6.45) is 0. The first kappa shape index (κ1) is 29.7. The van der Waals surface area contributed by atoms with Gasteiger partial charge in [0, 0.05) is 23.5 Å². The first-order valence-electron chi connectivity index (χ1n) is 15.9. The lowest BCUT2D eigenvalue weighted by molar-refractivity contribution is 0.187. The Kier molecular flexibility index (Phi) is 8.37. The quantitative estimate of drug-likeness (QED) is 0.154. The van der Waals surface area contributed by atoms with Crippen LogP contribution in [0.25, 0.3) is 43.5 Å². The van der Waals surface area contributed by atoms with Gasteiger partial charge in [0.25, 0.3) is 0 Å². The van der Waals surface area contributed by atoms with Gasteiger partial charge in [0.2, 0.25) is 8.01 Å². The molecule has 0 bridgehead atoms. The highest BCUT2D eigenvalue weighted by atomic mass is 31.1. The fourth-order valence-corrected chi connectivity index (χ4v) is 12.0. The highest BCUT2D eigenvalue weighted by molar-refractivity contribution is 7.73. The molecule has 0 N–H and O–H groups in total. The molecular weight excluding hydrogens is 614 g/mol. The molecule has 230 valence electrons. The maximum Gasteiger partial charge on any atom is 0.223 e. The summed E-state index contributed by atoms with van der Waals surface area (Å²) in [7, 11) is -0.636. The van der Waals surface area contributed by atoms with Crippen LogP contribution < -0.4 is 10.6 Å². The molecule has 8 rings (SSSR count). The monoisotopic (exact) mass is 648 g/mol. The van der Waals surface area contributed by atoms with Crippen molar-refractivity contribution in [1.82, 2.24) is 0 Å². The van der Waals surface area contributed by atoms with E-state index in [0.29, 0.717) is 6.61 Å². The van der Waals surface area contributed by atoms with Crippen molar-refractivity contribution in [2.75, 3.05) is 13.7 Å². The Morgan fingerprint density at radius 3 is 1.47 bits per heavy atom. The molecule has 8 aromatic rings. The summed E-state index contributed by atoms with van der Waals surface area (Å²) >= 11 is 0. The third-order valence-electron chi connectivity index (χ3n) is 8.87. The highest BCUT2D eigenvalue weighted by Crippen LogP contribution is 2.62. The van der Waals surface area contributed by atoms with Gasteiger partial charge in [-0.2, -0.15) is 0 Å². The Bertz CT molecular complexity index is 2200. The maximum absolute atomic E-state index is 7.21. The molecule has 0 fully saturated rings. The number of methoxy groups -OCH3 is 1. The van der Waals surface area contributed by atoms with Crippen LogP contribution in [0.15, 0.2) is 172 Å². The minimum absolute atomic E-state index is 0.0490. The molecule has 1 heterocycles. The fraction of sp³-hybridized carbons (Fsp3) is 0.0952. The topological polar surface area (TPSA) is 35.5 Å². The summed E-state index contributed by atoms with van der Waals surface area (Å²) in [5.41, 5.74) is 2.90. The Morgan fingerprint density at radius 1 is 0.532 bits per heavy atom. The Hall–Kier alpha value is -4.65. The van der Waals surface area contributed by atoms with Crippen LogP contribution in [0.1, 0.15) is 16.9 Å². The molecule has 3 nitrogen and oxygen atoms in total. The van der Waals surface area contributed by atoms with Crippen LogP contribution in [0.2, 0.25) is 0 Å². The Balaban J connectivity index is 1.47. The molecule has 0 saturated carbocycles. The average molecular weight is 649 g/mol. The predicted molar refractivity (Wildman–Crippen MR) is 201 cm³/mol. The van der Waals surface area contributed by atoms with Crippen LogP contribution in [-0.4, -0.2) is 13.7 Å². The van der Waals surface area contributed by atoms with Crippen molar-refractivity contribution in [3.63, 3.8) is 0 Å². The molecule has 0 unspecified atom stereocenters. The summed E-state index contributed by atoms with van der Waals surface area (Å²) in [6, 6.07) is 58.4. The van der Waals surface area contributed by atoms with Crippen molar-refractivity contribution in [2.45, 2.75) is 11.3 Å². The van der Waals surface area contributed by atoms with Crippen molar-refractivity contribution in [2.24, 2.45) is 0 Å². The van der Waals surface area contributed by atoms with E-state index in [4.69, 9.17) is 13.1 Å². The van der Waals surface area contributed by atoms with Gasteiger partial charge in [-0.15, -0.1) is 0 Å². The maximum atomic E-state index is 7.21. The molecule has 0 saturated heterocycles. The van der Waals surface area contributed by atoms with Crippen molar-refractivity contribution in [3.8, 4) is 0 Å². The molecule has 0 aliphatic rings. The van der Waals surface area contributed by atoms with Crippen LogP contribution in [0.5, 0.6) is 0 Å². The first-order chi connectivity index (χ1) is 23.3. The van der Waals surface area contributed by atoms with Crippen LogP contribution in [-0.2, 0) is 4.74 Å². The van der Waals surface area contributed by atoms with Crippen LogP contribution in [0, 0.1) is 0 Å². The summed E-state index contributed by atoms with van der Waals surface area (Å²) in [5, 5.41) is 9.45. The van der Waals surface area contributed by atoms with Gasteiger partial charge < -0.3 is 13.1 Å². The fourth-order valence-electron chi connectivity index (χ4n) is 6.80. The number of rotatable bonds is 8. The average Bonchev–Trinajstić information content (AvgIpc) is 3.31. The lowest BCUT2D eigenvalue weighted by atomic mass is 9.99. The Labute approximate surface area is 276 Å². The van der Waals surface area contributed by atoms with Gasteiger partial charge in [0.15, 0.2) is 0 Å². The van der Waals surface area contributed by atoms with E-state index in [2.05, 4.69) is 164 Å². The second-order valence-electron chi connectivity index (χ2n) is 11.7. The number of hydrogen-bond donors (Lipinski definition) is 0. The minimum atomic E-state index is -1.54. The van der Waals surface area contributed by atoms with E-state index in [-0.39, 0.29) is 11.3 Å². The second kappa shape index (κ2) is 13.2. The molecule has 1 aromatic heterocycles. The smallest absolute Gasteiger partial charge is 0.223 e. The van der Waals surface area contributed by atoms with Gasteiger partial charge in [-0.25, -0.2) is 0 Å². The molecule has 0 aliphatic carbocycles. The number of fused-ring (bicyclic) bond motifs is 7. The standard InChI is InChI=1S/C42H34O3P2/c1-43-29-39(42(32-17-5-2-6-18-32)46(33-19-7-3-8-20-33)34-21-9-4-10-22-34)47-44-37-27-25-30-15-11-13-23-35(30)40(37)41-36-24-14-12-16-31(36)26-28-38(41)45-47/h2-28,39,42H,29H2,1H3/t39-,42+/m0/s1. The normalized spacial score (nSPS) is 13.0. The Morgan fingerprint density at radius 2 is 0.979 bits per heavy atom. The van der Waals surface area contributed by atoms with E-state index in [1.54, 1.807) is 7.11 Å². The SMILES string of the molecule is COC[C@@H]([C@@H](c1ccccc1)P(c1ccccc1)c1ccccc1)p1oc2ccc3ccccc3c2c2c(ccc3ccccc32)o1. The molecule has 0 aliphatic heterocycles. The van der Waals surface area contributed by atoms with E-state index in [1.165, 1.54) is 26.9 Å². The molecule has 47 heavy (non-hydrogen) atoms. The summed E-state index contributed by atoms with van der Waals surface area (Å²) in [4.78, 5) is 0. The zero-order chi connectivity index (χ0) is 31.6. The minimum Gasteiger partial charge on any atom is -0.419 e. The van der Waals surface area contributed by atoms with E-state index in [9.17, 15) is 0 Å². The summed E-state index contributed by atoms with van der Waals surface area (Å²) in [5.74, 6) is 0. The van der Waals surface area contributed by atoms with Crippen molar-refractivity contribution >= 4 is 70.0 Å². The van der Waals surface area contributed by atoms with Gasteiger partial charge in [-0.1, -0.05) is 152 Å². The van der Waals surface area contributed by atoms with Gasteiger partial charge >= 0.3 is 0 Å². The molecule has 7 aromatic carbocycles. The lowest BCUT2D eigenvalue weighted by Gasteiger charge is -2.33. The lowest BCUT2D eigenvalue weighted by Crippen LogP contribution is -2.21. The van der Waals surface area contributed by atoms with E-state index in [1.807, 2.05) is 0 Å². The van der Waals surface area contributed by atoms with E-state index >= 15 is 0 Å². The second-order valence-corrected chi connectivity index (χ2v) is 15.6. The highest BCUT2D eigenvalue weighted by Gasteiger charge is 2.37. The third kappa shape index (κ3) is 5.66. The van der Waals surface area contributed by atoms with Crippen LogP contribution >= 0.6 is 15.9 Å². The largest absolute Gasteiger partial charge is 0.419 e. The molecule has 2 atom stereocenters. The predicted octanol–water partition coefficient (Wildman–Crippen LogP) is 11.7. The first-order valence-corrected chi connectivity index (χ1v) is 18.6. The van der Waals surface area contributed by atoms with Crippen molar-refractivity contribution in [1.29, 1.82) is 0 Å². The van der Waals surface area contributed by atoms with Crippen molar-refractivity contribution in [3.05, 3.63) is 169 Å². The third-order valence-corrected chi connectivity index (χ3v) is 13.8. The molecular formula is C42H34O3P2. The zero-order valence-electron chi connectivity index (χ0n) is 26.1. The molecule has 0 amide bonds. The summed E-state index contributed by atoms with van der Waals surface area (Å²) < 4.78 is 20.5. The van der Waals surface area contributed by atoms with Crippen LogP contribution in [0.3, 0.4) is 0 Å². The van der Waals surface area contributed by atoms with Crippen molar-refractivity contribution < 1.29 is 13.1 Å².